The largest absolute Gasteiger partial charge is 0.565 e. The van der Waals surface area contributed by atoms with Crippen molar-refractivity contribution in [2.45, 2.75) is 52.2 Å². The van der Waals surface area contributed by atoms with Crippen LogP contribution < -0.4 is 0 Å². The molecule has 0 aromatic heterocycles. The Balaban J connectivity index is 2.60. The summed E-state index contributed by atoms with van der Waals surface area (Å²) in [6, 6.07) is 1.63. The average molecular weight is 572 g/mol. The third kappa shape index (κ3) is 13.1. The molecule has 7 nitrogen and oxygen atoms in total. The van der Waals surface area contributed by atoms with Crippen LogP contribution in [-0.4, -0.2) is 90.3 Å². The van der Waals surface area contributed by atoms with Gasteiger partial charge in [0.1, 0.15) is 4.32 Å². The van der Waals surface area contributed by atoms with Gasteiger partial charge in [0.15, 0.2) is 0 Å². The molecular weight excluding hydrogens is 527 g/mol. The number of aliphatic hydroxyl groups is 1. The zero-order chi connectivity index (χ0) is 25.6. The molecule has 1 aliphatic rings. The first-order valence-corrected chi connectivity index (χ1v) is 18.5. The van der Waals surface area contributed by atoms with Gasteiger partial charge in [-0.25, -0.2) is 0 Å². The molecule has 200 valence electrons. The molecule has 12 heteroatoms. The molecule has 4 atom stereocenters. The van der Waals surface area contributed by atoms with Gasteiger partial charge in [-0.05, 0) is 43.7 Å². The summed E-state index contributed by atoms with van der Waals surface area (Å²) in [7, 11) is -1.20. The summed E-state index contributed by atoms with van der Waals surface area (Å²) in [5.74, 6) is 1.96. The fraction of sp³-hybridized carbons (Fsp3) is 0.864. The van der Waals surface area contributed by atoms with Gasteiger partial charge >= 0.3 is 17.4 Å². The molecule has 0 aromatic carbocycles. The monoisotopic (exact) mass is 571 g/mol. The van der Waals surface area contributed by atoms with Gasteiger partial charge < -0.3 is 32.1 Å². The van der Waals surface area contributed by atoms with Crippen molar-refractivity contribution in [3.05, 3.63) is 11.8 Å². The van der Waals surface area contributed by atoms with E-state index in [9.17, 15) is 5.11 Å². The van der Waals surface area contributed by atoms with Crippen LogP contribution in [0.1, 0.15) is 33.6 Å². The SMILES string of the molecule is CC1=CO[Si](CCCS)(OCC(C)CO[Si](C)(CCCSC(=S)N(C)C)OCC(C)CO)OC1. The van der Waals surface area contributed by atoms with Crippen LogP contribution in [0.5, 0.6) is 0 Å². The summed E-state index contributed by atoms with van der Waals surface area (Å²) in [6.45, 7) is 10.4. The molecule has 0 amide bonds. The van der Waals surface area contributed by atoms with Crippen molar-refractivity contribution in [3.8, 4) is 0 Å². The molecule has 0 spiro atoms. The highest BCUT2D eigenvalue weighted by atomic mass is 32.2. The number of nitrogens with zero attached hydrogens (tertiary/aromatic N) is 1. The molecule has 0 saturated heterocycles. The zero-order valence-electron chi connectivity index (χ0n) is 21.7. The Kier molecular flexibility index (Phi) is 16.2. The molecule has 1 N–H and O–H groups in total. The summed E-state index contributed by atoms with van der Waals surface area (Å²) < 4.78 is 31.9. The Bertz CT molecular complexity index is 633. The third-order valence-electron chi connectivity index (χ3n) is 5.21. The highest BCUT2D eigenvalue weighted by molar-refractivity contribution is 8.22. The van der Waals surface area contributed by atoms with Crippen LogP contribution in [0.2, 0.25) is 18.6 Å². The van der Waals surface area contributed by atoms with E-state index in [2.05, 4.69) is 26.1 Å². The molecule has 0 fully saturated rings. The fourth-order valence-electron chi connectivity index (χ4n) is 2.93. The van der Waals surface area contributed by atoms with E-state index in [1.807, 2.05) is 32.8 Å². The molecule has 0 aliphatic carbocycles. The lowest BCUT2D eigenvalue weighted by atomic mass is 10.2. The van der Waals surface area contributed by atoms with Crippen molar-refractivity contribution >= 4 is 58.3 Å². The third-order valence-corrected chi connectivity index (χ3v) is 12.8. The lowest BCUT2D eigenvalue weighted by molar-refractivity contribution is 0.0564. The molecule has 4 unspecified atom stereocenters. The highest BCUT2D eigenvalue weighted by Crippen LogP contribution is 2.26. The number of thioether (sulfide) groups is 1. The number of hydrogen-bond donors (Lipinski definition) is 2. The molecule has 0 radical (unpaired) electrons. The van der Waals surface area contributed by atoms with E-state index in [1.165, 1.54) is 0 Å². The fourth-order valence-corrected chi connectivity index (χ4v) is 9.68. The van der Waals surface area contributed by atoms with Gasteiger partial charge in [-0.2, -0.15) is 12.6 Å². The molecule has 0 aromatic rings. The Hall–Kier alpha value is 0.364. The molecule has 34 heavy (non-hydrogen) atoms. The van der Waals surface area contributed by atoms with Crippen molar-refractivity contribution in [2.75, 3.05) is 58.6 Å². The van der Waals surface area contributed by atoms with E-state index < -0.39 is 17.4 Å². The van der Waals surface area contributed by atoms with Gasteiger partial charge in [0.05, 0.1) is 12.9 Å². The second-order valence-corrected chi connectivity index (χ2v) is 17.7. The molecule has 0 saturated carbocycles. The van der Waals surface area contributed by atoms with Crippen LogP contribution in [0.4, 0.5) is 0 Å². The molecule has 1 rings (SSSR count). The van der Waals surface area contributed by atoms with Gasteiger partial charge in [0, 0.05) is 64.2 Å². The van der Waals surface area contributed by atoms with Crippen LogP contribution in [0.3, 0.4) is 0 Å². The first-order chi connectivity index (χ1) is 16.0. The van der Waals surface area contributed by atoms with Crippen molar-refractivity contribution in [1.29, 1.82) is 0 Å². The second-order valence-electron chi connectivity index (χ2n) is 9.45. The lowest BCUT2D eigenvalue weighted by Crippen LogP contribution is -2.48. The Morgan fingerprint density at radius 1 is 1.26 bits per heavy atom. The van der Waals surface area contributed by atoms with E-state index in [0.717, 1.165) is 46.3 Å². The summed E-state index contributed by atoms with van der Waals surface area (Å²) in [4.78, 5) is 1.96. The second kappa shape index (κ2) is 17.0. The van der Waals surface area contributed by atoms with Gasteiger partial charge in [0.25, 0.3) is 0 Å². The maximum Gasteiger partial charge on any atom is 0.565 e. The summed E-state index contributed by atoms with van der Waals surface area (Å²) in [5, 5.41) is 9.40. The minimum atomic E-state index is -2.71. The van der Waals surface area contributed by atoms with Gasteiger partial charge in [-0.1, -0.05) is 37.8 Å². The van der Waals surface area contributed by atoms with Crippen LogP contribution in [0.25, 0.3) is 0 Å². The first-order valence-electron chi connectivity index (χ1n) is 12.0. The molecule has 1 aliphatic heterocycles. The van der Waals surface area contributed by atoms with Crippen molar-refractivity contribution < 1.29 is 27.2 Å². The minimum Gasteiger partial charge on any atom is -0.507 e. The molecule has 1 heterocycles. The maximum atomic E-state index is 9.40. The average Bonchev–Trinajstić information content (AvgIpc) is 2.82. The zero-order valence-corrected chi connectivity index (χ0v) is 26.2. The van der Waals surface area contributed by atoms with Gasteiger partial charge in [-0.3, -0.25) is 0 Å². The van der Waals surface area contributed by atoms with E-state index in [1.54, 1.807) is 18.0 Å². The Labute approximate surface area is 224 Å². The smallest absolute Gasteiger partial charge is 0.507 e. The van der Waals surface area contributed by atoms with Gasteiger partial charge in [0.2, 0.25) is 0 Å². The van der Waals surface area contributed by atoms with Crippen molar-refractivity contribution in [1.82, 2.24) is 4.90 Å². The predicted molar refractivity (Wildman–Crippen MR) is 153 cm³/mol. The van der Waals surface area contributed by atoms with Gasteiger partial charge in [-0.15, -0.1) is 0 Å². The highest BCUT2D eigenvalue weighted by Gasteiger charge is 2.44. The van der Waals surface area contributed by atoms with E-state index in [-0.39, 0.29) is 18.4 Å². The standard InChI is InChI=1S/C22H45NO6S3Si2/c1-19(13-24)14-25-33(6,11-8-10-32-22(31)23(4)5)26-15-20(2)16-27-34(12-7-9-30)28-17-21(3)18-29-34/h17,19-20,24,30H,7-16,18H2,1-6H3. The van der Waals surface area contributed by atoms with E-state index in [4.69, 9.17) is 34.3 Å². The number of hydrogen-bond acceptors (Lipinski definition) is 9. The van der Waals surface area contributed by atoms with Crippen LogP contribution >= 0.6 is 36.6 Å². The van der Waals surface area contributed by atoms with Crippen LogP contribution in [0, 0.1) is 11.8 Å². The minimum absolute atomic E-state index is 0.0849. The number of thiocarbonyl (C=S) groups is 1. The quantitative estimate of drug-likeness (QED) is 0.113. The number of aliphatic hydroxyl groups excluding tert-OH is 1. The number of rotatable bonds is 17. The van der Waals surface area contributed by atoms with Crippen molar-refractivity contribution in [2.24, 2.45) is 11.8 Å². The topological polar surface area (TPSA) is 69.6 Å². The molecule has 0 bridgehead atoms. The van der Waals surface area contributed by atoms with Crippen molar-refractivity contribution in [3.63, 3.8) is 0 Å². The Morgan fingerprint density at radius 2 is 1.94 bits per heavy atom. The maximum absolute atomic E-state index is 9.40. The molecular formula is C22H45NO6S3Si2. The van der Waals surface area contributed by atoms with Crippen LogP contribution in [0.15, 0.2) is 11.8 Å². The normalized spacial score (nSPS) is 21.8. The van der Waals surface area contributed by atoms with Crippen LogP contribution in [-0.2, 0) is 22.1 Å². The summed E-state index contributed by atoms with van der Waals surface area (Å²) in [5.41, 5.74) is 1.06. The Morgan fingerprint density at radius 3 is 2.50 bits per heavy atom. The summed E-state index contributed by atoms with van der Waals surface area (Å²) >= 11 is 11.4. The van der Waals surface area contributed by atoms with E-state index in [0.29, 0.717) is 26.4 Å². The van der Waals surface area contributed by atoms with E-state index >= 15 is 0 Å². The number of thiol groups is 1. The predicted octanol–water partition coefficient (Wildman–Crippen LogP) is 4.55. The summed E-state index contributed by atoms with van der Waals surface area (Å²) in [6.07, 6.45) is 3.65. The first kappa shape index (κ1) is 32.4. The lowest BCUT2D eigenvalue weighted by Gasteiger charge is -2.33.